The van der Waals surface area contributed by atoms with Crippen molar-refractivity contribution in [3.05, 3.63) is 0 Å². The highest BCUT2D eigenvalue weighted by molar-refractivity contribution is 5.79. The van der Waals surface area contributed by atoms with Crippen molar-refractivity contribution in [3.63, 3.8) is 0 Å². The Hall–Kier alpha value is -0.650. The SMILES string of the molecule is CO[C@@H]1CN(C(=O)[C@@H]2CCNC2)C[C@@H]1O. The number of methoxy groups -OCH3 is 1. The fourth-order valence-corrected chi connectivity index (χ4v) is 2.29. The Labute approximate surface area is 89.4 Å². The number of aliphatic hydroxyl groups is 1. The first kappa shape index (κ1) is 10.9. The minimum atomic E-state index is -0.534. The van der Waals surface area contributed by atoms with E-state index in [0.29, 0.717) is 13.1 Å². The van der Waals surface area contributed by atoms with Gasteiger partial charge < -0.3 is 20.1 Å². The van der Waals surface area contributed by atoms with Crippen LogP contribution in [0, 0.1) is 5.92 Å². The third kappa shape index (κ3) is 2.14. The van der Waals surface area contributed by atoms with E-state index in [9.17, 15) is 9.90 Å². The van der Waals surface area contributed by atoms with Gasteiger partial charge in [-0.25, -0.2) is 0 Å². The normalized spacial score (nSPS) is 36.1. The molecular weight excluding hydrogens is 196 g/mol. The van der Waals surface area contributed by atoms with Crippen LogP contribution in [0.4, 0.5) is 0 Å². The Morgan fingerprint density at radius 2 is 2.33 bits per heavy atom. The molecule has 1 amide bonds. The molecule has 0 saturated carbocycles. The number of hydrogen-bond acceptors (Lipinski definition) is 4. The topological polar surface area (TPSA) is 61.8 Å². The van der Waals surface area contributed by atoms with Gasteiger partial charge in [0.05, 0.1) is 12.0 Å². The summed E-state index contributed by atoms with van der Waals surface area (Å²) in [5.74, 6) is 0.242. The fourth-order valence-electron chi connectivity index (χ4n) is 2.29. The Kier molecular flexibility index (Phi) is 3.23. The number of aliphatic hydroxyl groups excluding tert-OH is 1. The maximum absolute atomic E-state index is 12.0. The van der Waals surface area contributed by atoms with Crippen LogP contribution in [-0.4, -0.2) is 61.4 Å². The number of carbonyl (C=O) groups is 1. The molecule has 0 aliphatic carbocycles. The number of nitrogens with one attached hydrogen (secondary N) is 1. The molecule has 2 heterocycles. The maximum atomic E-state index is 12.0. The molecular formula is C10H18N2O3. The monoisotopic (exact) mass is 214 g/mol. The van der Waals surface area contributed by atoms with Gasteiger partial charge in [0.1, 0.15) is 6.10 Å². The minimum Gasteiger partial charge on any atom is -0.388 e. The third-order valence-electron chi connectivity index (χ3n) is 3.26. The first-order valence-electron chi connectivity index (χ1n) is 5.42. The molecule has 5 nitrogen and oxygen atoms in total. The molecule has 2 aliphatic rings. The molecule has 0 radical (unpaired) electrons. The molecule has 2 saturated heterocycles. The van der Waals surface area contributed by atoms with E-state index in [4.69, 9.17) is 4.74 Å². The van der Waals surface area contributed by atoms with E-state index in [0.717, 1.165) is 19.5 Å². The molecule has 5 heteroatoms. The third-order valence-corrected chi connectivity index (χ3v) is 3.26. The van der Waals surface area contributed by atoms with Gasteiger partial charge in [0.15, 0.2) is 0 Å². The summed E-state index contributed by atoms with van der Waals surface area (Å²) in [6.45, 7) is 2.62. The highest BCUT2D eigenvalue weighted by atomic mass is 16.5. The number of nitrogens with zero attached hydrogens (tertiary/aromatic N) is 1. The molecule has 0 bridgehead atoms. The molecule has 2 rings (SSSR count). The second-order valence-corrected chi connectivity index (χ2v) is 4.27. The van der Waals surface area contributed by atoms with Gasteiger partial charge in [-0.15, -0.1) is 0 Å². The van der Waals surface area contributed by atoms with Gasteiger partial charge in [0, 0.05) is 26.7 Å². The molecule has 2 N–H and O–H groups in total. The van der Waals surface area contributed by atoms with Crippen LogP contribution in [0.25, 0.3) is 0 Å². The zero-order valence-electron chi connectivity index (χ0n) is 8.98. The van der Waals surface area contributed by atoms with Gasteiger partial charge >= 0.3 is 0 Å². The summed E-state index contributed by atoms with van der Waals surface area (Å²) in [5, 5.41) is 12.8. The van der Waals surface area contributed by atoms with Crippen LogP contribution in [-0.2, 0) is 9.53 Å². The number of hydrogen-bond donors (Lipinski definition) is 2. The molecule has 0 aromatic rings. The number of rotatable bonds is 2. The van der Waals surface area contributed by atoms with Crippen molar-refractivity contribution < 1.29 is 14.6 Å². The first-order chi connectivity index (χ1) is 7.22. The van der Waals surface area contributed by atoms with E-state index in [1.807, 2.05) is 0 Å². The summed E-state index contributed by atoms with van der Waals surface area (Å²) in [6.07, 6.45) is 0.153. The summed E-state index contributed by atoms with van der Waals surface area (Å²) < 4.78 is 5.11. The van der Waals surface area contributed by atoms with Crippen LogP contribution in [0.15, 0.2) is 0 Å². The Morgan fingerprint density at radius 3 is 2.87 bits per heavy atom. The first-order valence-corrected chi connectivity index (χ1v) is 5.42. The average molecular weight is 214 g/mol. The van der Waals surface area contributed by atoms with Gasteiger partial charge in [0.25, 0.3) is 0 Å². The van der Waals surface area contributed by atoms with Gasteiger partial charge in [-0.3, -0.25) is 4.79 Å². The zero-order valence-corrected chi connectivity index (χ0v) is 8.98. The van der Waals surface area contributed by atoms with Crippen molar-refractivity contribution in [3.8, 4) is 0 Å². The van der Waals surface area contributed by atoms with E-state index < -0.39 is 6.10 Å². The lowest BCUT2D eigenvalue weighted by Crippen LogP contribution is -2.36. The lowest BCUT2D eigenvalue weighted by atomic mass is 10.1. The summed E-state index contributed by atoms with van der Waals surface area (Å²) >= 11 is 0. The molecule has 0 aromatic carbocycles. The molecule has 2 fully saturated rings. The van der Waals surface area contributed by atoms with E-state index in [1.165, 1.54) is 0 Å². The summed E-state index contributed by atoms with van der Waals surface area (Å²) in [5.41, 5.74) is 0. The van der Waals surface area contributed by atoms with Crippen LogP contribution in [0.1, 0.15) is 6.42 Å². The van der Waals surface area contributed by atoms with Crippen LogP contribution in [0.3, 0.4) is 0 Å². The lowest BCUT2D eigenvalue weighted by molar-refractivity contribution is -0.134. The maximum Gasteiger partial charge on any atom is 0.227 e. The highest BCUT2D eigenvalue weighted by Gasteiger charge is 2.37. The molecule has 2 aliphatic heterocycles. The van der Waals surface area contributed by atoms with Crippen LogP contribution >= 0.6 is 0 Å². The predicted molar refractivity (Wildman–Crippen MR) is 54.4 cm³/mol. The molecule has 0 aromatic heterocycles. The van der Waals surface area contributed by atoms with Crippen molar-refractivity contribution in [2.45, 2.75) is 18.6 Å². The quantitative estimate of drug-likeness (QED) is 0.607. The van der Waals surface area contributed by atoms with E-state index >= 15 is 0 Å². The largest absolute Gasteiger partial charge is 0.388 e. The van der Waals surface area contributed by atoms with Crippen molar-refractivity contribution in [2.75, 3.05) is 33.3 Å². The number of carbonyl (C=O) groups excluding carboxylic acids is 1. The fraction of sp³-hybridized carbons (Fsp3) is 0.900. The van der Waals surface area contributed by atoms with Crippen molar-refractivity contribution in [1.82, 2.24) is 10.2 Å². The lowest BCUT2D eigenvalue weighted by Gasteiger charge is -2.19. The van der Waals surface area contributed by atoms with Gasteiger partial charge in [-0.05, 0) is 13.0 Å². The Morgan fingerprint density at radius 1 is 1.53 bits per heavy atom. The second-order valence-electron chi connectivity index (χ2n) is 4.27. The van der Waals surface area contributed by atoms with Crippen LogP contribution in [0.2, 0.25) is 0 Å². The Balaban J connectivity index is 1.91. The van der Waals surface area contributed by atoms with Gasteiger partial charge in [-0.2, -0.15) is 0 Å². The molecule has 15 heavy (non-hydrogen) atoms. The van der Waals surface area contributed by atoms with Crippen LogP contribution < -0.4 is 5.32 Å². The summed E-state index contributed by atoms with van der Waals surface area (Å²) in [4.78, 5) is 13.7. The molecule has 86 valence electrons. The zero-order chi connectivity index (χ0) is 10.8. The van der Waals surface area contributed by atoms with Gasteiger partial charge in [-0.1, -0.05) is 0 Å². The summed E-state index contributed by atoms with van der Waals surface area (Å²) in [6, 6.07) is 0. The standard InChI is InChI=1S/C10H18N2O3/c1-15-9-6-12(5-8(9)13)10(14)7-2-3-11-4-7/h7-9,11,13H,2-6H2,1H3/t7-,8+,9-/m1/s1. The van der Waals surface area contributed by atoms with Crippen molar-refractivity contribution in [1.29, 1.82) is 0 Å². The number of β-amino-alcohol motifs (C(OH)–C–C–N with tert-alkyl or cyclic N) is 1. The molecule has 0 spiro atoms. The molecule has 3 atom stereocenters. The second kappa shape index (κ2) is 4.47. The van der Waals surface area contributed by atoms with Crippen molar-refractivity contribution in [2.24, 2.45) is 5.92 Å². The highest BCUT2D eigenvalue weighted by Crippen LogP contribution is 2.18. The predicted octanol–water partition coefficient (Wildman–Crippen LogP) is -1.19. The number of ether oxygens (including phenoxy) is 1. The van der Waals surface area contributed by atoms with E-state index in [-0.39, 0.29) is 17.9 Å². The smallest absolute Gasteiger partial charge is 0.227 e. The van der Waals surface area contributed by atoms with E-state index in [1.54, 1.807) is 12.0 Å². The van der Waals surface area contributed by atoms with Crippen molar-refractivity contribution >= 4 is 5.91 Å². The number of likely N-dealkylation sites (tertiary alicyclic amines) is 1. The van der Waals surface area contributed by atoms with Gasteiger partial charge in [0.2, 0.25) is 5.91 Å². The molecule has 0 unspecified atom stereocenters. The summed E-state index contributed by atoms with van der Waals surface area (Å²) in [7, 11) is 1.57. The number of amides is 1. The minimum absolute atomic E-state index is 0.0906. The van der Waals surface area contributed by atoms with E-state index in [2.05, 4.69) is 5.32 Å². The average Bonchev–Trinajstić information content (AvgIpc) is 2.85. The Bertz CT molecular complexity index is 241. The van der Waals surface area contributed by atoms with Crippen LogP contribution in [0.5, 0.6) is 0 Å².